The Morgan fingerprint density at radius 1 is 1.73 bits per heavy atom. The van der Waals surface area contributed by atoms with Gasteiger partial charge in [-0.05, 0) is 25.1 Å². The maximum atomic E-state index is 5.29. The monoisotopic (exact) mass is 149 g/mol. The Balaban J connectivity index is 2.92. The van der Waals surface area contributed by atoms with Crippen LogP contribution in [0.25, 0.3) is 6.08 Å². The first kappa shape index (κ1) is 7.79. The molecule has 2 nitrogen and oxygen atoms in total. The van der Waals surface area contributed by atoms with Gasteiger partial charge >= 0.3 is 0 Å². The molecule has 0 amide bonds. The molecule has 0 N–H and O–H groups in total. The van der Waals surface area contributed by atoms with Gasteiger partial charge in [-0.25, -0.2) is 0 Å². The number of aromatic nitrogens is 1. The fourth-order valence-electron chi connectivity index (χ4n) is 0.834. The lowest BCUT2D eigenvalue weighted by Crippen LogP contribution is -1.94. The van der Waals surface area contributed by atoms with E-state index in [0.29, 0.717) is 6.61 Å². The predicted molar refractivity (Wildman–Crippen MR) is 45.5 cm³/mol. The second-order valence-electron chi connectivity index (χ2n) is 2.02. The van der Waals surface area contributed by atoms with E-state index in [1.54, 1.807) is 12.3 Å². The summed E-state index contributed by atoms with van der Waals surface area (Å²) in [5.74, 6) is 0.796. The van der Waals surface area contributed by atoms with Crippen LogP contribution in [-0.2, 0) is 0 Å². The summed E-state index contributed by atoms with van der Waals surface area (Å²) in [4.78, 5) is 4.07. The summed E-state index contributed by atoms with van der Waals surface area (Å²) < 4.78 is 5.29. The van der Waals surface area contributed by atoms with Crippen LogP contribution in [0.2, 0.25) is 0 Å². The molecule has 1 rings (SSSR count). The van der Waals surface area contributed by atoms with Crippen molar-refractivity contribution in [1.82, 2.24) is 4.98 Å². The average Bonchev–Trinajstić information content (AvgIpc) is 2.06. The van der Waals surface area contributed by atoms with Gasteiger partial charge in [0.2, 0.25) is 0 Å². The van der Waals surface area contributed by atoms with E-state index in [-0.39, 0.29) is 0 Å². The molecule has 0 atom stereocenters. The molecule has 0 unspecified atom stereocenters. The lowest BCUT2D eigenvalue weighted by Gasteiger charge is -2.04. The highest BCUT2D eigenvalue weighted by molar-refractivity contribution is 5.50. The molecule has 0 radical (unpaired) electrons. The van der Waals surface area contributed by atoms with Crippen molar-refractivity contribution in [2.45, 2.75) is 6.92 Å². The minimum atomic E-state index is 0.659. The van der Waals surface area contributed by atoms with Crippen LogP contribution in [0.3, 0.4) is 0 Å². The molecule has 58 valence electrons. The SMILES string of the molecule is C=Cc1ncccc1OCC. The largest absolute Gasteiger partial charge is 0.492 e. The summed E-state index contributed by atoms with van der Waals surface area (Å²) in [6.07, 6.45) is 3.41. The van der Waals surface area contributed by atoms with Crippen LogP contribution in [0, 0.1) is 0 Å². The van der Waals surface area contributed by atoms with Crippen molar-refractivity contribution in [3.05, 3.63) is 30.6 Å². The van der Waals surface area contributed by atoms with Crippen molar-refractivity contribution in [2.24, 2.45) is 0 Å². The van der Waals surface area contributed by atoms with Gasteiger partial charge in [-0.3, -0.25) is 4.98 Å². The van der Waals surface area contributed by atoms with Gasteiger partial charge < -0.3 is 4.74 Å². The Bertz CT molecular complexity index is 245. The summed E-state index contributed by atoms with van der Waals surface area (Å²) in [5.41, 5.74) is 0.800. The number of rotatable bonds is 3. The molecule has 11 heavy (non-hydrogen) atoms. The molecule has 1 aromatic heterocycles. The smallest absolute Gasteiger partial charge is 0.144 e. The zero-order valence-corrected chi connectivity index (χ0v) is 6.58. The molecule has 1 heterocycles. The van der Waals surface area contributed by atoms with Crippen LogP contribution in [0.15, 0.2) is 24.9 Å². The highest BCUT2D eigenvalue weighted by Gasteiger charge is 1.97. The van der Waals surface area contributed by atoms with E-state index < -0.39 is 0 Å². The third kappa shape index (κ3) is 1.80. The summed E-state index contributed by atoms with van der Waals surface area (Å²) in [6, 6.07) is 3.73. The van der Waals surface area contributed by atoms with Gasteiger partial charge in [-0.1, -0.05) is 6.58 Å². The number of nitrogens with zero attached hydrogens (tertiary/aromatic N) is 1. The number of ether oxygens (including phenoxy) is 1. The zero-order valence-electron chi connectivity index (χ0n) is 6.58. The van der Waals surface area contributed by atoms with Gasteiger partial charge in [-0.15, -0.1) is 0 Å². The van der Waals surface area contributed by atoms with Crippen molar-refractivity contribution in [3.63, 3.8) is 0 Å². The summed E-state index contributed by atoms with van der Waals surface area (Å²) in [6.45, 7) is 6.23. The summed E-state index contributed by atoms with van der Waals surface area (Å²) >= 11 is 0. The number of hydrogen-bond acceptors (Lipinski definition) is 2. The lowest BCUT2D eigenvalue weighted by molar-refractivity contribution is 0.338. The number of hydrogen-bond donors (Lipinski definition) is 0. The molecule has 0 bridgehead atoms. The van der Waals surface area contributed by atoms with Gasteiger partial charge in [0.15, 0.2) is 0 Å². The molecule has 0 aromatic carbocycles. The minimum absolute atomic E-state index is 0.659. The minimum Gasteiger partial charge on any atom is -0.492 e. The Hall–Kier alpha value is -1.31. The fourth-order valence-corrected chi connectivity index (χ4v) is 0.834. The maximum absolute atomic E-state index is 5.29. The van der Waals surface area contributed by atoms with Crippen LogP contribution in [-0.4, -0.2) is 11.6 Å². The van der Waals surface area contributed by atoms with Gasteiger partial charge in [0.1, 0.15) is 11.4 Å². The number of pyridine rings is 1. The van der Waals surface area contributed by atoms with Crippen molar-refractivity contribution in [3.8, 4) is 5.75 Å². The standard InChI is InChI=1S/C9H11NO/c1-3-8-9(11-4-2)6-5-7-10-8/h3,5-7H,1,4H2,2H3. The molecule has 2 heteroatoms. The predicted octanol–water partition coefficient (Wildman–Crippen LogP) is 2.12. The highest BCUT2D eigenvalue weighted by atomic mass is 16.5. The van der Waals surface area contributed by atoms with E-state index in [0.717, 1.165) is 11.4 Å². The van der Waals surface area contributed by atoms with Crippen molar-refractivity contribution in [2.75, 3.05) is 6.61 Å². The Morgan fingerprint density at radius 3 is 3.18 bits per heavy atom. The van der Waals surface area contributed by atoms with Crippen LogP contribution in [0.4, 0.5) is 0 Å². The Labute approximate surface area is 66.5 Å². The molecule has 0 aliphatic rings. The molecule has 0 saturated carbocycles. The van der Waals surface area contributed by atoms with Gasteiger partial charge in [-0.2, -0.15) is 0 Å². The average molecular weight is 149 g/mol. The zero-order chi connectivity index (χ0) is 8.10. The first-order chi connectivity index (χ1) is 5.38. The third-order valence-corrected chi connectivity index (χ3v) is 1.29. The topological polar surface area (TPSA) is 22.1 Å². The van der Waals surface area contributed by atoms with E-state index in [1.807, 2.05) is 19.1 Å². The third-order valence-electron chi connectivity index (χ3n) is 1.29. The van der Waals surface area contributed by atoms with Crippen LogP contribution < -0.4 is 4.74 Å². The van der Waals surface area contributed by atoms with E-state index >= 15 is 0 Å². The highest BCUT2D eigenvalue weighted by Crippen LogP contribution is 2.15. The quantitative estimate of drug-likeness (QED) is 0.656. The maximum Gasteiger partial charge on any atom is 0.144 e. The van der Waals surface area contributed by atoms with E-state index in [2.05, 4.69) is 11.6 Å². The normalized spacial score (nSPS) is 9.18. The second-order valence-corrected chi connectivity index (χ2v) is 2.02. The van der Waals surface area contributed by atoms with Gasteiger partial charge in [0, 0.05) is 6.20 Å². The van der Waals surface area contributed by atoms with Crippen molar-refractivity contribution < 1.29 is 4.74 Å². The van der Waals surface area contributed by atoms with Gasteiger partial charge in [0.05, 0.1) is 6.61 Å². The van der Waals surface area contributed by atoms with Crippen molar-refractivity contribution >= 4 is 6.08 Å². The van der Waals surface area contributed by atoms with Crippen LogP contribution in [0.5, 0.6) is 5.75 Å². The molecule has 1 aromatic rings. The summed E-state index contributed by atoms with van der Waals surface area (Å²) in [7, 11) is 0. The Kier molecular flexibility index (Phi) is 2.66. The van der Waals surface area contributed by atoms with Gasteiger partial charge in [0.25, 0.3) is 0 Å². The molecular formula is C9H11NO. The fraction of sp³-hybridized carbons (Fsp3) is 0.222. The van der Waals surface area contributed by atoms with Crippen molar-refractivity contribution in [1.29, 1.82) is 0 Å². The van der Waals surface area contributed by atoms with E-state index in [1.165, 1.54) is 0 Å². The lowest BCUT2D eigenvalue weighted by atomic mass is 10.3. The molecule has 0 aliphatic heterocycles. The molecule has 0 aliphatic carbocycles. The van der Waals surface area contributed by atoms with Crippen LogP contribution >= 0.6 is 0 Å². The molecule has 0 spiro atoms. The first-order valence-corrected chi connectivity index (χ1v) is 3.58. The first-order valence-electron chi connectivity index (χ1n) is 3.58. The van der Waals surface area contributed by atoms with E-state index in [4.69, 9.17) is 4.74 Å². The molecule has 0 fully saturated rings. The second kappa shape index (κ2) is 3.76. The van der Waals surface area contributed by atoms with Crippen LogP contribution in [0.1, 0.15) is 12.6 Å². The summed E-state index contributed by atoms with van der Waals surface area (Å²) in [5, 5.41) is 0. The Morgan fingerprint density at radius 2 is 2.55 bits per heavy atom. The molecular weight excluding hydrogens is 138 g/mol. The van der Waals surface area contributed by atoms with E-state index in [9.17, 15) is 0 Å². The molecule has 0 saturated heterocycles.